The van der Waals surface area contributed by atoms with Crippen LogP contribution in [-0.4, -0.2) is 15.3 Å². The Kier molecular flexibility index (Phi) is 6.35. The Bertz CT molecular complexity index is 1370. The van der Waals surface area contributed by atoms with Crippen molar-refractivity contribution in [1.29, 1.82) is 0 Å². The Hall–Kier alpha value is -4.12. The first kappa shape index (κ1) is 24.0. The zero-order valence-corrected chi connectivity index (χ0v) is 21.0. The summed E-state index contributed by atoms with van der Waals surface area (Å²) in [6.07, 6.45) is 0. The van der Waals surface area contributed by atoms with Gasteiger partial charge in [-0.3, -0.25) is 0 Å². The summed E-state index contributed by atoms with van der Waals surface area (Å²) in [4.78, 5) is 2.10. The summed E-state index contributed by atoms with van der Waals surface area (Å²) in [5, 5.41) is 31.1. The largest absolute Gasteiger partial charge is 0.508 e. The molecule has 0 atom stereocenters. The molecule has 5 nitrogen and oxygen atoms in total. The molecule has 0 saturated carbocycles. The van der Waals surface area contributed by atoms with Crippen molar-refractivity contribution in [1.82, 2.24) is 0 Å². The van der Waals surface area contributed by atoms with Crippen LogP contribution in [0.1, 0.15) is 33.4 Å². The Morgan fingerprint density at radius 3 is 1.69 bits per heavy atom. The first-order valence-electron chi connectivity index (χ1n) is 11.5. The van der Waals surface area contributed by atoms with Crippen LogP contribution in [0.25, 0.3) is 0 Å². The Labute approximate surface area is 206 Å². The third-order valence-electron chi connectivity index (χ3n) is 6.34. The van der Waals surface area contributed by atoms with E-state index in [1.165, 1.54) is 0 Å². The number of anilines is 3. The minimum Gasteiger partial charge on any atom is -0.508 e. The van der Waals surface area contributed by atoms with Crippen LogP contribution in [0, 0.1) is 41.5 Å². The molecule has 0 aliphatic carbocycles. The number of rotatable bonds is 5. The highest BCUT2D eigenvalue weighted by atomic mass is 16.5. The van der Waals surface area contributed by atoms with Crippen LogP contribution in [0.15, 0.2) is 60.7 Å². The summed E-state index contributed by atoms with van der Waals surface area (Å²) in [5.74, 6) is 1.63. The van der Waals surface area contributed by atoms with Crippen molar-refractivity contribution in [3.63, 3.8) is 0 Å². The second kappa shape index (κ2) is 9.26. The van der Waals surface area contributed by atoms with Crippen LogP contribution in [0.3, 0.4) is 0 Å². The van der Waals surface area contributed by atoms with E-state index in [9.17, 15) is 15.3 Å². The molecule has 0 radical (unpaired) electrons. The van der Waals surface area contributed by atoms with Crippen molar-refractivity contribution in [3.05, 3.63) is 94.0 Å². The number of ether oxygens (including phenoxy) is 1. The Morgan fingerprint density at radius 1 is 0.571 bits per heavy atom. The summed E-state index contributed by atoms with van der Waals surface area (Å²) >= 11 is 0. The summed E-state index contributed by atoms with van der Waals surface area (Å²) in [7, 11) is 0. The maximum absolute atomic E-state index is 10.6. The van der Waals surface area contributed by atoms with E-state index in [0.717, 1.165) is 50.4 Å². The van der Waals surface area contributed by atoms with Gasteiger partial charge < -0.3 is 25.0 Å². The number of nitrogens with zero attached hydrogens (tertiary/aromatic N) is 1. The molecule has 0 bridgehead atoms. The van der Waals surface area contributed by atoms with Crippen LogP contribution in [-0.2, 0) is 0 Å². The lowest BCUT2D eigenvalue weighted by molar-refractivity contribution is 0.406. The number of hydrogen-bond acceptors (Lipinski definition) is 5. The van der Waals surface area contributed by atoms with Crippen molar-refractivity contribution >= 4 is 17.1 Å². The van der Waals surface area contributed by atoms with E-state index < -0.39 is 0 Å². The van der Waals surface area contributed by atoms with Crippen molar-refractivity contribution in [2.45, 2.75) is 41.5 Å². The highest BCUT2D eigenvalue weighted by Gasteiger charge is 2.20. The topological polar surface area (TPSA) is 73.2 Å². The van der Waals surface area contributed by atoms with Crippen molar-refractivity contribution in [2.75, 3.05) is 4.90 Å². The van der Waals surface area contributed by atoms with Crippen molar-refractivity contribution in [2.24, 2.45) is 0 Å². The normalized spacial score (nSPS) is 10.9. The summed E-state index contributed by atoms with van der Waals surface area (Å²) < 4.78 is 6.17. The van der Waals surface area contributed by atoms with E-state index in [2.05, 4.69) is 4.90 Å². The molecular formula is C30H31NO4. The Morgan fingerprint density at radius 2 is 1.11 bits per heavy atom. The zero-order valence-electron chi connectivity index (χ0n) is 21.0. The van der Waals surface area contributed by atoms with Crippen LogP contribution < -0.4 is 9.64 Å². The molecule has 0 aliphatic rings. The monoisotopic (exact) mass is 469 g/mol. The predicted octanol–water partition coefficient (Wildman–Crippen LogP) is 7.92. The third kappa shape index (κ3) is 4.62. The van der Waals surface area contributed by atoms with Gasteiger partial charge in [0.2, 0.25) is 0 Å². The van der Waals surface area contributed by atoms with E-state index in [-0.39, 0.29) is 17.2 Å². The smallest absolute Gasteiger partial charge is 0.172 e. The first-order chi connectivity index (χ1) is 16.6. The van der Waals surface area contributed by atoms with Crippen molar-refractivity contribution < 1.29 is 20.1 Å². The molecule has 0 heterocycles. The molecule has 3 N–H and O–H groups in total. The van der Waals surface area contributed by atoms with Gasteiger partial charge in [-0.1, -0.05) is 18.2 Å². The molecule has 0 aromatic heterocycles. The van der Waals surface area contributed by atoms with E-state index >= 15 is 0 Å². The molecule has 35 heavy (non-hydrogen) atoms. The van der Waals surface area contributed by atoms with Gasteiger partial charge in [0.15, 0.2) is 11.5 Å². The van der Waals surface area contributed by atoms with Gasteiger partial charge in [0.05, 0.1) is 0 Å². The highest BCUT2D eigenvalue weighted by molar-refractivity contribution is 5.82. The fourth-order valence-corrected chi connectivity index (χ4v) is 4.16. The van der Waals surface area contributed by atoms with E-state index in [0.29, 0.717) is 11.5 Å². The summed E-state index contributed by atoms with van der Waals surface area (Å²) in [5.41, 5.74) is 7.55. The van der Waals surface area contributed by atoms with Gasteiger partial charge >= 0.3 is 0 Å². The number of aryl methyl sites for hydroxylation is 6. The molecule has 4 aromatic rings. The number of benzene rings is 4. The SMILES string of the molecule is Cc1cc(N(c2cccc(Oc3c(C)ccc(C)c3O)c2)c2cc(C)c(O)cc2C)c(C)cc1O. The molecule has 0 saturated heterocycles. The maximum Gasteiger partial charge on any atom is 0.172 e. The highest BCUT2D eigenvalue weighted by Crippen LogP contribution is 2.44. The van der Waals surface area contributed by atoms with Gasteiger partial charge in [-0.25, -0.2) is 0 Å². The molecule has 5 heteroatoms. The standard InChI is InChI=1S/C30H31NO4/c1-17-10-11-18(2)30(29(17)34)35-24-9-7-8-23(16-24)31(25-12-21(5)27(32)14-19(25)3)26-13-22(6)28(33)15-20(26)4/h7-16,32-34H,1-6H3. The van der Waals surface area contributed by atoms with Gasteiger partial charge in [-0.2, -0.15) is 0 Å². The van der Waals surface area contributed by atoms with Crippen LogP contribution >= 0.6 is 0 Å². The zero-order chi connectivity index (χ0) is 25.4. The van der Waals surface area contributed by atoms with E-state index in [1.807, 2.05) is 90.1 Å². The lowest BCUT2D eigenvalue weighted by Gasteiger charge is -2.30. The lowest BCUT2D eigenvalue weighted by atomic mass is 10.0. The molecule has 180 valence electrons. The number of hydrogen-bond donors (Lipinski definition) is 3. The van der Waals surface area contributed by atoms with Crippen LogP contribution in [0.5, 0.6) is 28.7 Å². The van der Waals surface area contributed by atoms with Gasteiger partial charge in [-0.05, 0) is 111 Å². The predicted molar refractivity (Wildman–Crippen MR) is 141 cm³/mol. The molecule has 4 rings (SSSR count). The Balaban J connectivity index is 1.90. The first-order valence-corrected chi connectivity index (χ1v) is 11.5. The number of phenols is 3. The van der Waals surface area contributed by atoms with Crippen LogP contribution in [0.4, 0.5) is 17.1 Å². The van der Waals surface area contributed by atoms with Gasteiger partial charge in [-0.15, -0.1) is 0 Å². The molecule has 4 aromatic carbocycles. The van der Waals surface area contributed by atoms with Gasteiger partial charge in [0.25, 0.3) is 0 Å². The molecule has 0 spiro atoms. The summed E-state index contributed by atoms with van der Waals surface area (Å²) in [6.45, 7) is 11.4. The van der Waals surface area contributed by atoms with Gasteiger partial charge in [0, 0.05) is 23.1 Å². The molecule has 0 amide bonds. The van der Waals surface area contributed by atoms with E-state index in [1.54, 1.807) is 12.1 Å². The summed E-state index contributed by atoms with van der Waals surface area (Å²) in [6, 6.07) is 18.9. The molecule has 0 fully saturated rings. The molecular weight excluding hydrogens is 438 g/mol. The lowest BCUT2D eigenvalue weighted by Crippen LogP contribution is -2.13. The average molecular weight is 470 g/mol. The quantitative estimate of drug-likeness (QED) is 0.277. The van der Waals surface area contributed by atoms with Crippen LogP contribution in [0.2, 0.25) is 0 Å². The fraction of sp³-hybridized carbons (Fsp3) is 0.200. The van der Waals surface area contributed by atoms with E-state index in [4.69, 9.17) is 4.74 Å². The fourth-order valence-electron chi connectivity index (χ4n) is 4.16. The average Bonchev–Trinajstić information content (AvgIpc) is 2.81. The third-order valence-corrected chi connectivity index (χ3v) is 6.34. The molecule has 0 unspecified atom stereocenters. The second-order valence-electron chi connectivity index (χ2n) is 9.16. The van der Waals surface area contributed by atoms with Gasteiger partial charge in [0.1, 0.15) is 17.2 Å². The van der Waals surface area contributed by atoms with Crippen molar-refractivity contribution in [3.8, 4) is 28.7 Å². The number of phenolic OH excluding ortho intramolecular Hbond substituents is 3. The second-order valence-corrected chi connectivity index (χ2v) is 9.16. The number of aromatic hydroxyl groups is 3. The maximum atomic E-state index is 10.6. The molecule has 0 aliphatic heterocycles. The minimum atomic E-state index is 0.127. The minimum absolute atomic E-state index is 0.127.